The summed E-state index contributed by atoms with van der Waals surface area (Å²) in [6.45, 7) is 3.62. The minimum absolute atomic E-state index is 0.0708. The summed E-state index contributed by atoms with van der Waals surface area (Å²) < 4.78 is 13.0. The zero-order chi connectivity index (χ0) is 33.5. The van der Waals surface area contributed by atoms with Crippen LogP contribution in [0.4, 0.5) is 0 Å². The summed E-state index contributed by atoms with van der Waals surface area (Å²) in [4.78, 5) is 31.5. The number of aromatic nitrogens is 1. The van der Waals surface area contributed by atoms with Gasteiger partial charge in [-0.1, -0.05) is 91.0 Å². The third kappa shape index (κ3) is 5.29. The molecule has 8 rings (SSSR count). The predicted octanol–water partition coefficient (Wildman–Crippen LogP) is 8.44. The molecule has 4 heterocycles. The smallest absolute Gasteiger partial charge is 0.343 e. The van der Waals surface area contributed by atoms with Gasteiger partial charge in [0.05, 0.1) is 24.8 Å². The van der Waals surface area contributed by atoms with Crippen LogP contribution in [0.3, 0.4) is 0 Å². The summed E-state index contributed by atoms with van der Waals surface area (Å²) in [7, 11) is 1.67. The minimum Gasteiger partial charge on any atom is -0.494 e. The van der Waals surface area contributed by atoms with E-state index < -0.39 is 11.5 Å². The van der Waals surface area contributed by atoms with E-state index in [4.69, 9.17) is 9.47 Å². The van der Waals surface area contributed by atoms with E-state index >= 15 is 0 Å². The molecule has 7 heteroatoms. The van der Waals surface area contributed by atoms with Crippen molar-refractivity contribution in [2.45, 2.75) is 44.2 Å². The van der Waals surface area contributed by atoms with E-state index in [1.807, 2.05) is 17.4 Å². The summed E-state index contributed by atoms with van der Waals surface area (Å²) in [6, 6.07) is 38.6. The zero-order valence-electron chi connectivity index (χ0n) is 27.7. The van der Waals surface area contributed by atoms with Gasteiger partial charge in [0.1, 0.15) is 5.56 Å². The van der Waals surface area contributed by atoms with Gasteiger partial charge in [-0.25, -0.2) is 4.79 Å². The number of esters is 1. The lowest BCUT2D eigenvalue weighted by atomic mass is 9.74. The van der Waals surface area contributed by atoms with Crippen molar-refractivity contribution in [3.63, 3.8) is 0 Å². The maximum Gasteiger partial charge on any atom is 0.343 e. The van der Waals surface area contributed by atoms with Gasteiger partial charge in [-0.2, -0.15) is 0 Å². The standard InChI is InChI=1S/C42H38N2O4S/c1-3-48-41(46)35-26-34(28-19-20-28)38-39(47-2)33(21-24-44(38)40(35)45)37-25-29-27-43(23-22-36(29)49-37)42(30-13-7-4-8-14-30,31-15-9-5-10-16-31)32-17-11-6-12-18-32/h4-18,21,24-26,28H,3,19-20,22-23,27H2,1-2H3. The van der Waals surface area contributed by atoms with E-state index in [1.165, 1.54) is 27.1 Å². The first-order chi connectivity index (χ1) is 24.0. The van der Waals surface area contributed by atoms with Gasteiger partial charge in [-0.3, -0.25) is 14.1 Å². The van der Waals surface area contributed by atoms with Crippen LogP contribution in [0.15, 0.2) is 120 Å². The Morgan fingerprint density at radius 1 is 0.878 bits per heavy atom. The highest BCUT2D eigenvalue weighted by atomic mass is 32.1. The van der Waals surface area contributed by atoms with Crippen LogP contribution in [0.5, 0.6) is 5.75 Å². The Morgan fingerprint density at radius 3 is 2.04 bits per heavy atom. The monoisotopic (exact) mass is 666 g/mol. The van der Waals surface area contributed by atoms with Gasteiger partial charge in [0.2, 0.25) is 0 Å². The molecule has 6 aromatic rings. The Labute approximate surface area is 290 Å². The first-order valence-electron chi connectivity index (χ1n) is 17.0. The molecular weight excluding hydrogens is 629 g/mol. The highest BCUT2D eigenvalue weighted by molar-refractivity contribution is 7.15. The van der Waals surface area contributed by atoms with Crippen molar-refractivity contribution in [3.8, 4) is 16.2 Å². The van der Waals surface area contributed by atoms with Gasteiger partial charge >= 0.3 is 5.97 Å². The van der Waals surface area contributed by atoms with Crippen molar-refractivity contribution in [2.75, 3.05) is 20.3 Å². The molecule has 49 heavy (non-hydrogen) atoms. The highest BCUT2D eigenvalue weighted by Crippen LogP contribution is 2.49. The van der Waals surface area contributed by atoms with Gasteiger partial charge in [-0.15, -0.1) is 11.3 Å². The fourth-order valence-corrected chi connectivity index (χ4v) is 8.88. The molecule has 0 atom stereocenters. The van der Waals surface area contributed by atoms with E-state index in [0.717, 1.165) is 53.9 Å². The Kier molecular flexibility index (Phi) is 8.18. The molecule has 3 aromatic heterocycles. The van der Waals surface area contributed by atoms with Crippen LogP contribution < -0.4 is 10.3 Å². The van der Waals surface area contributed by atoms with E-state index in [0.29, 0.717) is 5.75 Å². The van der Waals surface area contributed by atoms with Crippen molar-refractivity contribution in [1.29, 1.82) is 0 Å². The van der Waals surface area contributed by atoms with Crippen molar-refractivity contribution in [3.05, 3.63) is 164 Å². The Hall–Kier alpha value is -4.98. The second-order valence-corrected chi connectivity index (χ2v) is 14.0. The number of fused-ring (bicyclic) bond motifs is 2. The first kappa shape index (κ1) is 31.3. The Morgan fingerprint density at radius 2 is 1.49 bits per heavy atom. The molecular formula is C42H38N2O4S. The number of rotatable bonds is 9. The summed E-state index contributed by atoms with van der Waals surface area (Å²) in [6.07, 6.45) is 4.73. The SMILES string of the molecule is CCOC(=O)c1cc(C2CC2)c2c(OC)c(-c3cc4c(s3)CCN(C(c3ccccc3)(c3ccccc3)c3ccccc3)C4)ccn2c1=O. The van der Waals surface area contributed by atoms with Crippen molar-refractivity contribution >= 4 is 22.8 Å². The fraction of sp³-hybridized carbons (Fsp3) is 0.238. The quantitative estimate of drug-likeness (QED) is 0.115. The van der Waals surface area contributed by atoms with Crippen LogP contribution in [0.2, 0.25) is 0 Å². The number of hydrogen-bond donors (Lipinski definition) is 0. The number of benzene rings is 3. The molecule has 0 spiro atoms. The van der Waals surface area contributed by atoms with Crippen LogP contribution in [0, 0.1) is 0 Å². The van der Waals surface area contributed by atoms with Crippen LogP contribution >= 0.6 is 11.3 Å². The molecule has 3 aromatic carbocycles. The third-order valence-corrected chi connectivity index (χ3v) is 11.3. The topological polar surface area (TPSA) is 60.3 Å². The molecule has 2 aliphatic rings. The van der Waals surface area contributed by atoms with Crippen molar-refractivity contribution < 1.29 is 14.3 Å². The van der Waals surface area contributed by atoms with Crippen LogP contribution in [-0.4, -0.2) is 35.5 Å². The minimum atomic E-state index is -0.583. The van der Waals surface area contributed by atoms with Gasteiger partial charge in [0.25, 0.3) is 5.56 Å². The number of nitrogens with zero attached hydrogens (tertiary/aromatic N) is 2. The summed E-state index contributed by atoms with van der Waals surface area (Å²) in [5.41, 5.74) is 6.88. The molecule has 0 amide bonds. The Balaban J connectivity index is 1.25. The van der Waals surface area contributed by atoms with E-state index in [2.05, 4.69) is 102 Å². The van der Waals surface area contributed by atoms with Crippen molar-refractivity contribution in [1.82, 2.24) is 9.30 Å². The number of carbonyl (C=O) groups is 1. The maximum atomic E-state index is 13.6. The first-order valence-corrected chi connectivity index (χ1v) is 17.8. The van der Waals surface area contributed by atoms with Crippen molar-refractivity contribution in [2.24, 2.45) is 0 Å². The zero-order valence-corrected chi connectivity index (χ0v) is 28.5. The average molecular weight is 667 g/mol. The van der Waals surface area contributed by atoms with Gasteiger partial charge in [0.15, 0.2) is 5.75 Å². The second kappa shape index (κ2) is 12.8. The van der Waals surface area contributed by atoms with Gasteiger partial charge < -0.3 is 9.47 Å². The summed E-state index contributed by atoms with van der Waals surface area (Å²) in [5.74, 6) is 0.361. The van der Waals surface area contributed by atoms with Crippen LogP contribution in [0.1, 0.15) is 68.7 Å². The van der Waals surface area contributed by atoms with Crippen LogP contribution in [-0.2, 0) is 23.2 Å². The molecule has 1 fully saturated rings. The number of thiophene rings is 1. The molecule has 6 nitrogen and oxygen atoms in total. The Bertz CT molecular complexity index is 2110. The van der Waals surface area contributed by atoms with E-state index in [-0.39, 0.29) is 23.6 Å². The normalized spacial score (nSPS) is 14.8. The lowest BCUT2D eigenvalue weighted by Gasteiger charge is -2.47. The average Bonchev–Trinajstić information content (AvgIpc) is 3.91. The molecule has 1 aliphatic carbocycles. The lowest BCUT2D eigenvalue weighted by molar-refractivity contribution is 0.0524. The van der Waals surface area contributed by atoms with Gasteiger partial charge in [-0.05, 0) is 78.1 Å². The molecule has 0 unspecified atom stereocenters. The fourth-order valence-electron chi connectivity index (χ4n) is 7.69. The second-order valence-electron chi connectivity index (χ2n) is 12.8. The molecule has 0 saturated heterocycles. The lowest BCUT2D eigenvalue weighted by Crippen LogP contribution is -2.49. The number of carbonyl (C=O) groups excluding carboxylic acids is 1. The molecule has 0 bridgehead atoms. The molecule has 246 valence electrons. The molecule has 1 aliphatic heterocycles. The molecule has 0 N–H and O–H groups in total. The molecule has 0 radical (unpaired) electrons. The number of pyridine rings is 2. The number of ether oxygens (including phenoxy) is 2. The summed E-state index contributed by atoms with van der Waals surface area (Å²) in [5, 5.41) is 0. The van der Waals surface area contributed by atoms with E-state index in [9.17, 15) is 9.59 Å². The highest BCUT2D eigenvalue weighted by Gasteiger charge is 2.43. The molecule has 1 saturated carbocycles. The number of methoxy groups -OCH3 is 1. The van der Waals surface area contributed by atoms with Crippen LogP contribution in [0.25, 0.3) is 16.0 Å². The van der Waals surface area contributed by atoms with Gasteiger partial charge in [0, 0.05) is 34.6 Å². The summed E-state index contributed by atoms with van der Waals surface area (Å²) >= 11 is 1.81. The number of hydrogen-bond acceptors (Lipinski definition) is 6. The third-order valence-electron chi connectivity index (χ3n) is 10.0. The van der Waals surface area contributed by atoms with E-state index in [1.54, 1.807) is 30.7 Å². The predicted molar refractivity (Wildman–Crippen MR) is 195 cm³/mol. The largest absolute Gasteiger partial charge is 0.494 e. The maximum absolute atomic E-state index is 13.6.